The lowest BCUT2D eigenvalue weighted by molar-refractivity contribution is -0.385. The second kappa shape index (κ2) is 9.14. The Morgan fingerprint density at radius 1 is 1.30 bits per heavy atom. The minimum absolute atomic E-state index is 0.00232. The van der Waals surface area contributed by atoms with Gasteiger partial charge in [0.1, 0.15) is 0 Å². The lowest BCUT2D eigenvalue weighted by Crippen LogP contribution is -2.04. The van der Waals surface area contributed by atoms with Crippen LogP contribution in [0.25, 0.3) is 0 Å². The number of anilines is 1. The summed E-state index contributed by atoms with van der Waals surface area (Å²) < 4.78 is 10.3. The van der Waals surface area contributed by atoms with Crippen LogP contribution in [0.5, 0.6) is 5.75 Å². The molecule has 0 saturated heterocycles. The van der Waals surface area contributed by atoms with E-state index in [0.717, 1.165) is 38.1 Å². The zero-order valence-electron chi connectivity index (χ0n) is 12.1. The molecule has 0 saturated carbocycles. The molecule has 0 aliphatic carbocycles. The van der Waals surface area contributed by atoms with Crippen LogP contribution < -0.4 is 10.1 Å². The molecule has 0 atom stereocenters. The number of methoxy groups -OCH3 is 1. The molecule has 0 unspecified atom stereocenters. The van der Waals surface area contributed by atoms with Crippen molar-refractivity contribution in [2.45, 2.75) is 26.2 Å². The van der Waals surface area contributed by atoms with E-state index in [1.807, 2.05) is 0 Å². The monoisotopic (exact) mass is 282 g/mol. The SMILES string of the molecule is CCOc1cc(NCCCCCOC)ccc1[N+](=O)[O-]. The van der Waals surface area contributed by atoms with Gasteiger partial charge in [-0.3, -0.25) is 10.1 Å². The van der Waals surface area contributed by atoms with E-state index in [1.54, 1.807) is 26.2 Å². The summed E-state index contributed by atoms with van der Waals surface area (Å²) in [6, 6.07) is 4.85. The fourth-order valence-corrected chi connectivity index (χ4v) is 1.83. The molecule has 0 heterocycles. The van der Waals surface area contributed by atoms with E-state index in [9.17, 15) is 10.1 Å². The van der Waals surface area contributed by atoms with Gasteiger partial charge in [0, 0.05) is 38.1 Å². The van der Waals surface area contributed by atoms with Crippen LogP contribution in [0, 0.1) is 10.1 Å². The van der Waals surface area contributed by atoms with Crippen LogP contribution in [0.4, 0.5) is 11.4 Å². The minimum atomic E-state index is -0.431. The molecule has 1 N–H and O–H groups in total. The summed E-state index contributed by atoms with van der Waals surface area (Å²) in [4.78, 5) is 10.4. The van der Waals surface area contributed by atoms with E-state index in [4.69, 9.17) is 9.47 Å². The Balaban J connectivity index is 2.50. The van der Waals surface area contributed by atoms with Crippen molar-refractivity contribution >= 4 is 11.4 Å². The fourth-order valence-electron chi connectivity index (χ4n) is 1.83. The van der Waals surface area contributed by atoms with Gasteiger partial charge in [0.25, 0.3) is 0 Å². The predicted molar refractivity (Wildman–Crippen MR) is 78.5 cm³/mol. The fraction of sp³-hybridized carbons (Fsp3) is 0.571. The highest BCUT2D eigenvalue weighted by molar-refractivity contribution is 5.57. The highest BCUT2D eigenvalue weighted by Crippen LogP contribution is 2.30. The number of hydrogen-bond acceptors (Lipinski definition) is 5. The number of nitrogens with zero attached hydrogens (tertiary/aromatic N) is 1. The largest absolute Gasteiger partial charge is 0.487 e. The molecule has 0 aliphatic rings. The van der Waals surface area contributed by atoms with E-state index < -0.39 is 4.92 Å². The van der Waals surface area contributed by atoms with Crippen molar-refractivity contribution in [3.8, 4) is 5.75 Å². The summed E-state index contributed by atoms with van der Waals surface area (Å²) >= 11 is 0. The molecule has 0 spiro atoms. The number of rotatable bonds is 10. The summed E-state index contributed by atoms with van der Waals surface area (Å²) in [6.45, 7) is 3.82. The first-order chi connectivity index (χ1) is 9.69. The minimum Gasteiger partial charge on any atom is -0.487 e. The first-order valence-electron chi connectivity index (χ1n) is 6.83. The third-order valence-electron chi connectivity index (χ3n) is 2.81. The Labute approximate surface area is 119 Å². The van der Waals surface area contributed by atoms with Gasteiger partial charge in [-0.05, 0) is 32.3 Å². The molecule has 0 aromatic heterocycles. The number of unbranched alkanes of at least 4 members (excludes halogenated alkanes) is 2. The molecule has 20 heavy (non-hydrogen) atoms. The molecule has 6 nitrogen and oxygen atoms in total. The molecule has 1 rings (SSSR count). The van der Waals surface area contributed by atoms with E-state index in [-0.39, 0.29) is 5.69 Å². The van der Waals surface area contributed by atoms with Crippen molar-refractivity contribution in [3.05, 3.63) is 28.3 Å². The van der Waals surface area contributed by atoms with Gasteiger partial charge in [0.15, 0.2) is 5.75 Å². The van der Waals surface area contributed by atoms with E-state index >= 15 is 0 Å². The van der Waals surface area contributed by atoms with Crippen molar-refractivity contribution in [1.82, 2.24) is 0 Å². The van der Waals surface area contributed by atoms with Gasteiger partial charge in [0.2, 0.25) is 0 Å². The Kier molecular flexibility index (Phi) is 7.42. The summed E-state index contributed by atoms with van der Waals surface area (Å²) in [5.74, 6) is 0.307. The average molecular weight is 282 g/mol. The number of nitrogens with one attached hydrogen (secondary N) is 1. The molecule has 112 valence electrons. The number of ether oxygens (including phenoxy) is 2. The van der Waals surface area contributed by atoms with Crippen LogP contribution >= 0.6 is 0 Å². The molecular weight excluding hydrogens is 260 g/mol. The Morgan fingerprint density at radius 2 is 2.10 bits per heavy atom. The first-order valence-corrected chi connectivity index (χ1v) is 6.83. The first kappa shape index (κ1) is 16.2. The molecule has 0 aliphatic heterocycles. The smallest absolute Gasteiger partial charge is 0.311 e. The summed E-state index contributed by atoms with van der Waals surface area (Å²) in [6.07, 6.45) is 3.17. The van der Waals surface area contributed by atoms with Gasteiger partial charge >= 0.3 is 5.69 Å². The Morgan fingerprint density at radius 3 is 2.75 bits per heavy atom. The number of nitro benzene ring substituents is 1. The maximum absolute atomic E-state index is 10.9. The summed E-state index contributed by atoms with van der Waals surface area (Å²) in [5, 5.41) is 14.1. The second-order valence-electron chi connectivity index (χ2n) is 4.35. The highest BCUT2D eigenvalue weighted by Gasteiger charge is 2.14. The summed E-state index contributed by atoms with van der Waals surface area (Å²) in [7, 11) is 1.70. The van der Waals surface area contributed by atoms with Crippen LogP contribution in [0.1, 0.15) is 26.2 Å². The normalized spacial score (nSPS) is 10.3. The zero-order valence-corrected chi connectivity index (χ0v) is 12.1. The van der Waals surface area contributed by atoms with Crippen LogP contribution in [0.2, 0.25) is 0 Å². The van der Waals surface area contributed by atoms with Gasteiger partial charge in [-0.1, -0.05) is 0 Å². The standard InChI is InChI=1S/C14H22N2O4/c1-3-20-14-11-12(7-8-13(14)16(17)18)15-9-5-4-6-10-19-2/h7-8,11,15H,3-6,9-10H2,1-2H3. The van der Waals surface area contributed by atoms with Gasteiger partial charge in [0.05, 0.1) is 11.5 Å². The van der Waals surface area contributed by atoms with Crippen LogP contribution in [-0.4, -0.2) is 31.8 Å². The van der Waals surface area contributed by atoms with E-state index in [0.29, 0.717) is 12.4 Å². The number of hydrogen-bond donors (Lipinski definition) is 1. The molecule has 1 aromatic carbocycles. The van der Waals surface area contributed by atoms with Crippen LogP contribution in [-0.2, 0) is 4.74 Å². The van der Waals surface area contributed by atoms with E-state index in [2.05, 4.69) is 5.32 Å². The maximum atomic E-state index is 10.9. The molecule has 0 fully saturated rings. The third kappa shape index (κ3) is 5.44. The van der Waals surface area contributed by atoms with Crippen molar-refractivity contribution in [3.63, 3.8) is 0 Å². The van der Waals surface area contributed by atoms with Crippen LogP contribution in [0.3, 0.4) is 0 Å². The molecule has 0 radical (unpaired) electrons. The van der Waals surface area contributed by atoms with Gasteiger partial charge in [-0.15, -0.1) is 0 Å². The molecular formula is C14H22N2O4. The lowest BCUT2D eigenvalue weighted by Gasteiger charge is -2.09. The van der Waals surface area contributed by atoms with Gasteiger partial charge in [-0.2, -0.15) is 0 Å². The highest BCUT2D eigenvalue weighted by atomic mass is 16.6. The average Bonchev–Trinajstić information content (AvgIpc) is 2.43. The zero-order chi connectivity index (χ0) is 14.8. The van der Waals surface area contributed by atoms with Gasteiger partial charge < -0.3 is 14.8 Å². The van der Waals surface area contributed by atoms with Gasteiger partial charge in [-0.25, -0.2) is 0 Å². The number of nitro groups is 1. The molecule has 1 aromatic rings. The lowest BCUT2D eigenvalue weighted by atomic mass is 10.2. The molecule has 0 bridgehead atoms. The molecule has 0 amide bonds. The molecule has 6 heteroatoms. The predicted octanol–water partition coefficient (Wildman–Crippen LogP) is 3.22. The number of benzene rings is 1. The maximum Gasteiger partial charge on any atom is 0.311 e. The summed E-state index contributed by atoms with van der Waals surface area (Å²) in [5.41, 5.74) is 0.836. The van der Waals surface area contributed by atoms with Crippen molar-refractivity contribution in [2.75, 3.05) is 32.2 Å². The topological polar surface area (TPSA) is 73.6 Å². The second-order valence-corrected chi connectivity index (χ2v) is 4.35. The quantitative estimate of drug-likeness (QED) is 0.405. The van der Waals surface area contributed by atoms with Crippen molar-refractivity contribution in [1.29, 1.82) is 0 Å². The Bertz CT molecular complexity index is 424. The van der Waals surface area contributed by atoms with Crippen LogP contribution in [0.15, 0.2) is 18.2 Å². The van der Waals surface area contributed by atoms with Crippen molar-refractivity contribution < 1.29 is 14.4 Å². The Hall–Kier alpha value is -1.82. The van der Waals surface area contributed by atoms with Crippen molar-refractivity contribution in [2.24, 2.45) is 0 Å². The third-order valence-corrected chi connectivity index (χ3v) is 2.81. The van der Waals surface area contributed by atoms with E-state index in [1.165, 1.54) is 6.07 Å².